The summed E-state index contributed by atoms with van der Waals surface area (Å²) in [7, 11) is 0. The van der Waals surface area contributed by atoms with Crippen LogP contribution in [0.5, 0.6) is 0 Å². The topological polar surface area (TPSA) is 3.24 Å². The summed E-state index contributed by atoms with van der Waals surface area (Å²) in [6.45, 7) is 10.1. The number of hydrogen-bond acceptors (Lipinski definition) is 1. The summed E-state index contributed by atoms with van der Waals surface area (Å²) in [5.41, 5.74) is 2.74. The average molecular weight is 241 g/mol. The first-order valence-corrected chi connectivity index (χ1v) is 6.90. The molecule has 1 heteroatoms. The van der Waals surface area contributed by atoms with Crippen molar-refractivity contribution in [3.63, 3.8) is 0 Å². The Kier molecular flexibility index (Phi) is 3.90. The summed E-state index contributed by atoms with van der Waals surface area (Å²) in [5.74, 6) is 0. The third kappa shape index (κ3) is 2.35. The molecule has 0 aliphatic carbocycles. The Bertz CT molecular complexity index is 523. The summed E-state index contributed by atoms with van der Waals surface area (Å²) in [6, 6.07) is 13.7. The van der Waals surface area contributed by atoms with E-state index in [4.69, 9.17) is 0 Å². The quantitative estimate of drug-likeness (QED) is 0.745. The second-order valence-corrected chi connectivity index (χ2v) is 5.24. The van der Waals surface area contributed by atoms with E-state index < -0.39 is 0 Å². The van der Waals surface area contributed by atoms with Crippen LogP contribution in [-0.4, -0.2) is 12.6 Å². The summed E-state index contributed by atoms with van der Waals surface area (Å²) in [5, 5.41) is 2.75. The lowest BCUT2D eigenvalue weighted by molar-refractivity contribution is 0.673. The number of benzene rings is 2. The lowest BCUT2D eigenvalue weighted by Crippen LogP contribution is -2.31. The van der Waals surface area contributed by atoms with Gasteiger partial charge >= 0.3 is 0 Å². The third-order valence-electron chi connectivity index (χ3n) is 3.49. The molecule has 0 amide bonds. The molecule has 0 saturated heterocycles. The van der Waals surface area contributed by atoms with E-state index in [1.165, 1.54) is 28.4 Å². The van der Waals surface area contributed by atoms with E-state index in [1.54, 1.807) is 0 Å². The van der Waals surface area contributed by atoms with Crippen LogP contribution in [0.1, 0.15) is 32.8 Å². The van der Waals surface area contributed by atoms with E-state index >= 15 is 0 Å². The van der Waals surface area contributed by atoms with Gasteiger partial charge in [-0.25, -0.2) is 0 Å². The molecule has 1 nitrogen and oxygen atoms in total. The molecule has 0 unspecified atom stereocenters. The van der Waals surface area contributed by atoms with Crippen LogP contribution in [0.2, 0.25) is 0 Å². The van der Waals surface area contributed by atoms with Crippen LogP contribution in [0.4, 0.5) is 5.69 Å². The highest BCUT2D eigenvalue weighted by Crippen LogP contribution is 2.30. The number of hydrogen-bond donors (Lipinski definition) is 0. The molecule has 0 aliphatic rings. The van der Waals surface area contributed by atoms with Gasteiger partial charge in [0.1, 0.15) is 0 Å². The van der Waals surface area contributed by atoms with Crippen molar-refractivity contribution < 1.29 is 0 Å². The molecule has 0 aliphatic heterocycles. The zero-order valence-electron chi connectivity index (χ0n) is 11.9. The van der Waals surface area contributed by atoms with E-state index in [9.17, 15) is 0 Å². The second kappa shape index (κ2) is 5.43. The van der Waals surface area contributed by atoms with Gasteiger partial charge in [0.2, 0.25) is 0 Å². The van der Waals surface area contributed by atoms with Gasteiger partial charge in [-0.05, 0) is 44.2 Å². The van der Waals surface area contributed by atoms with Gasteiger partial charge < -0.3 is 4.90 Å². The molecule has 0 atom stereocenters. The SMILES string of the molecule is CCCN(c1cccc2cccc(C)c12)C(C)C. The fourth-order valence-electron chi connectivity index (χ4n) is 2.64. The first-order chi connectivity index (χ1) is 8.65. The van der Waals surface area contributed by atoms with Crippen LogP contribution in [0.15, 0.2) is 36.4 Å². The Morgan fingerprint density at radius 2 is 1.72 bits per heavy atom. The maximum atomic E-state index is 2.51. The van der Waals surface area contributed by atoms with Gasteiger partial charge in [-0.2, -0.15) is 0 Å². The molecule has 0 heterocycles. The highest BCUT2D eigenvalue weighted by atomic mass is 15.1. The highest BCUT2D eigenvalue weighted by Gasteiger charge is 2.13. The van der Waals surface area contributed by atoms with Crippen LogP contribution >= 0.6 is 0 Å². The molecule has 2 rings (SSSR count). The fraction of sp³-hybridized carbons (Fsp3) is 0.412. The van der Waals surface area contributed by atoms with Gasteiger partial charge in [0, 0.05) is 23.7 Å². The van der Waals surface area contributed by atoms with Crippen LogP contribution in [0, 0.1) is 6.92 Å². The van der Waals surface area contributed by atoms with Crippen LogP contribution in [-0.2, 0) is 0 Å². The number of anilines is 1. The Labute approximate surface area is 110 Å². The van der Waals surface area contributed by atoms with Crippen LogP contribution in [0.25, 0.3) is 10.8 Å². The fourth-order valence-corrected chi connectivity index (χ4v) is 2.64. The summed E-state index contributed by atoms with van der Waals surface area (Å²) in [4.78, 5) is 2.51. The van der Waals surface area contributed by atoms with Crippen molar-refractivity contribution in [1.82, 2.24) is 0 Å². The normalized spacial score (nSPS) is 11.2. The van der Waals surface area contributed by atoms with Gasteiger partial charge in [-0.1, -0.05) is 37.3 Å². The molecule has 2 aromatic carbocycles. The van der Waals surface area contributed by atoms with E-state index in [1.807, 2.05) is 0 Å². The molecule has 18 heavy (non-hydrogen) atoms. The first kappa shape index (κ1) is 12.9. The molecular formula is C17H23N. The molecule has 96 valence electrons. The van der Waals surface area contributed by atoms with Crippen molar-refractivity contribution in [2.75, 3.05) is 11.4 Å². The Balaban J connectivity index is 2.62. The highest BCUT2D eigenvalue weighted by molar-refractivity contribution is 5.96. The molecule has 0 saturated carbocycles. The zero-order valence-corrected chi connectivity index (χ0v) is 11.9. The summed E-state index contributed by atoms with van der Waals surface area (Å²) in [6.07, 6.45) is 1.18. The molecule has 2 aromatic rings. The van der Waals surface area contributed by atoms with Crippen molar-refractivity contribution in [2.24, 2.45) is 0 Å². The minimum absolute atomic E-state index is 0.537. The van der Waals surface area contributed by atoms with Crippen molar-refractivity contribution in [1.29, 1.82) is 0 Å². The van der Waals surface area contributed by atoms with Crippen molar-refractivity contribution in [2.45, 2.75) is 40.2 Å². The second-order valence-electron chi connectivity index (χ2n) is 5.24. The van der Waals surface area contributed by atoms with Gasteiger partial charge in [0.15, 0.2) is 0 Å². The molecule has 0 radical (unpaired) electrons. The number of nitrogens with zero attached hydrogens (tertiary/aromatic N) is 1. The average Bonchev–Trinajstić information content (AvgIpc) is 2.35. The lowest BCUT2D eigenvalue weighted by atomic mass is 10.0. The standard InChI is InChI=1S/C17H23N/c1-5-12-18(13(2)3)16-11-7-10-15-9-6-8-14(4)17(15)16/h6-11,13H,5,12H2,1-4H3. The smallest absolute Gasteiger partial charge is 0.0450 e. The summed E-state index contributed by atoms with van der Waals surface area (Å²) < 4.78 is 0. The van der Waals surface area contributed by atoms with Crippen molar-refractivity contribution >= 4 is 16.5 Å². The largest absolute Gasteiger partial charge is 0.369 e. The Morgan fingerprint density at radius 3 is 2.33 bits per heavy atom. The van der Waals surface area contributed by atoms with Gasteiger partial charge in [0.25, 0.3) is 0 Å². The van der Waals surface area contributed by atoms with E-state index in [2.05, 4.69) is 69.0 Å². The minimum Gasteiger partial charge on any atom is -0.369 e. The molecule has 0 N–H and O–H groups in total. The van der Waals surface area contributed by atoms with E-state index in [-0.39, 0.29) is 0 Å². The molecule has 0 aromatic heterocycles. The molecular weight excluding hydrogens is 218 g/mol. The Hall–Kier alpha value is -1.50. The molecule has 0 bridgehead atoms. The Morgan fingerprint density at radius 1 is 1.06 bits per heavy atom. The lowest BCUT2D eigenvalue weighted by Gasteiger charge is -2.30. The van der Waals surface area contributed by atoms with E-state index in [0.29, 0.717) is 6.04 Å². The van der Waals surface area contributed by atoms with Gasteiger partial charge in [-0.15, -0.1) is 0 Å². The monoisotopic (exact) mass is 241 g/mol. The number of fused-ring (bicyclic) bond motifs is 1. The first-order valence-electron chi connectivity index (χ1n) is 6.90. The predicted octanol–water partition coefficient (Wildman–Crippen LogP) is 4.77. The van der Waals surface area contributed by atoms with Crippen LogP contribution in [0.3, 0.4) is 0 Å². The molecule has 0 spiro atoms. The number of rotatable bonds is 4. The number of aryl methyl sites for hydroxylation is 1. The van der Waals surface area contributed by atoms with Gasteiger partial charge in [-0.3, -0.25) is 0 Å². The van der Waals surface area contributed by atoms with Crippen LogP contribution < -0.4 is 4.90 Å². The maximum absolute atomic E-state index is 2.51. The maximum Gasteiger partial charge on any atom is 0.0450 e. The third-order valence-corrected chi connectivity index (χ3v) is 3.49. The van der Waals surface area contributed by atoms with Crippen molar-refractivity contribution in [3.05, 3.63) is 42.0 Å². The summed E-state index contributed by atoms with van der Waals surface area (Å²) >= 11 is 0. The minimum atomic E-state index is 0.537. The zero-order chi connectivity index (χ0) is 13.1. The van der Waals surface area contributed by atoms with Gasteiger partial charge in [0.05, 0.1) is 0 Å². The van der Waals surface area contributed by atoms with E-state index in [0.717, 1.165) is 6.54 Å². The van der Waals surface area contributed by atoms with Crippen molar-refractivity contribution in [3.8, 4) is 0 Å². The predicted molar refractivity (Wildman–Crippen MR) is 81.5 cm³/mol. The molecule has 0 fully saturated rings.